The van der Waals surface area contributed by atoms with E-state index in [1.807, 2.05) is 18.2 Å². The maximum atomic E-state index is 5.69. The van der Waals surface area contributed by atoms with E-state index in [0.717, 1.165) is 5.56 Å². The second kappa shape index (κ2) is 6.68. The highest BCUT2D eigenvalue weighted by atomic mass is 32.1. The zero-order valence-corrected chi connectivity index (χ0v) is 11.1. The number of rotatable bonds is 5. The van der Waals surface area contributed by atoms with E-state index in [1.54, 1.807) is 12.5 Å². The Morgan fingerprint density at radius 1 is 1.39 bits per heavy atom. The molecule has 1 atom stereocenters. The minimum Gasteiger partial charge on any atom is -0.493 e. The predicted octanol–water partition coefficient (Wildman–Crippen LogP) is 1.84. The lowest BCUT2D eigenvalue weighted by Gasteiger charge is -2.23. The van der Waals surface area contributed by atoms with Crippen LogP contribution < -0.4 is 9.47 Å². The molecule has 0 aliphatic carbocycles. The average molecular weight is 268 g/mol. The minimum atomic E-state index is -0.0198. The van der Waals surface area contributed by atoms with E-state index >= 15 is 0 Å². The Hall–Kier alpha value is -1.17. The molecule has 18 heavy (non-hydrogen) atoms. The van der Waals surface area contributed by atoms with Crippen LogP contribution in [0.4, 0.5) is 0 Å². The van der Waals surface area contributed by atoms with Gasteiger partial charge in [0.15, 0.2) is 11.5 Å². The topological polar surface area (TPSA) is 36.9 Å². The zero-order chi connectivity index (χ0) is 12.8. The summed E-state index contributed by atoms with van der Waals surface area (Å²) in [5, 5.41) is 1.60. The maximum Gasteiger partial charge on any atom is 0.161 e. The normalized spacial score (nSPS) is 19.3. The first-order valence-electron chi connectivity index (χ1n) is 5.79. The van der Waals surface area contributed by atoms with Crippen LogP contribution >= 0.6 is 12.2 Å². The number of hydrogen-bond donors (Lipinski definition) is 0. The van der Waals surface area contributed by atoms with Crippen molar-refractivity contribution in [2.24, 2.45) is 0 Å². The summed E-state index contributed by atoms with van der Waals surface area (Å²) in [6.45, 7) is 2.30. The fourth-order valence-corrected chi connectivity index (χ4v) is 1.84. The SMILES string of the molecule is COc1cc(C=S)ccc1OC[C@H]1COCCO1. The van der Waals surface area contributed by atoms with E-state index in [0.29, 0.717) is 37.9 Å². The van der Waals surface area contributed by atoms with Crippen LogP contribution in [0, 0.1) is 0 Å². The summed E-state index contributed by atoms with van der Waals surface area (Å²) in [7, 11) is 1.61. The number of ether oxygens (including phenoxy) is 4. The summed E-state index contributed by atoms with van der Waals surface area (Å²) >= 11 is 4.88. The first kappa shape index (κ1) is 13.3. The minimum absolute atomic E-state index is 0.0198. The third-order valence-corrected chi connectivity index (χ3v) is 2.91. The Morgan fingerprint density at radius 2 is 2.28 bits per heavy atom. The van der Waals surface area contributed by atoms with Crippen LogP contribution in [-0.2, 0) is 9.47 Å². The second-order valence-corrected chi connectivity index (χ2v) is 4.14. The standard InChI is InChI=1S/C13H16O4S/c1-14-13-6-10(9-18)2-3-12(13)17-8-11-7-15-4-5-16-11/h2-3,6,9,11H,4-5,7-8H2,1H3/t11-/m1/s1. The Labute approximate surface area is 112 Å². The first-order chi connectivity index (χ1) is 8.83. The maximum absolute atomic E-state index is 5.69. The fraction of sp³-hybridized carbons (Fsp3) is 0.462. The summed E-state index contributed by atoms with van der Waals surface area (Å²) in [6.07, 6.45) is -0.0198. The van der Waals surface area contributed by atoms with Gasteiger partial charge in [0.2, 0.25) is 0 Å². The molecule has 1 aliphatic heterocycles. The molecule has 1 aromatic rings. The Balaban J connectivity index is 1.97. The molecular formula is C13H16O4S. The van der Waals surface area contributed by atoms with Gasteiger partial charge in [-0.25, -0.2) is 0 Å². The van der Waals surface area contributed by atoms with E-state index < -0.39 is 0 Å². The van der Waals surface area contributed by atoms with E-state index in [1.165, 1.54) is 0 Å². The molecule has 0 N–H and O–H groups in total. The summed E-state index contributed by atoms with van der Waals surface area (Å²) in [6, 6.07) is 5.59. The summed E-state index contributed by atoms with van der Waals surface area (Å²) in [5.41, 5.74) is 0.923. The largest absolute Gasteiger partial charge is 0.493 e. The molecule has 2 rings (SSSR count). The van der Waals surface area contributed by atoms with Crippen molar-refractivity contribution >= 4 is 17.6 Å². The molecular weight excluding hydrogens is 252 g/mol. The van der Waals surface area contributed by atoms with Gasteiger partial charge in [-0.15, -0.1) is 0 Å². The van der Waals surface area contributed by atoms with Crippen LogP contribution in [0.2, 0.25) is 0 Å². The van der Waals surface area contributed by atoms with Crippen molar-refractivity contribution in [1.29, 1.82) is 0 Å². The van der Waals surface area contributed by atoms with Gasteiger partial charge < -0.3 is 18.9 Å². The average Bonchev–Trinajstić information content (AvgIpc) is 2.46. The lowest BCUT2D eigenvalue weighted by molar-refractivity contribution is -0.101. The molecule has 1 aliphatic rings. The van der Waals surface area contributed by atoms with Gasteiger partial charge in [-0.1, -0.05) is 18.3 Å². The molecule has 0 spiro atoms. The molecule has 4 nitrogen and oxygen atoms in total. The third kappa shape index (κ3) is 3.41. The van der Waals surface area contributed by atoms with Crippen LogP contribution in [0.3, 0.4) is 0 Å². The van der Waals surface area contributed by atoms with E-state index in [9.17, 15) is 0 Å². The molecule has 98 valence electrons. The van der Waals surface area contributed by atoms with Gasteiger partial charge in [0.1, 0.15) is 12.7 Å². The van der Waals surface area contributed by atoms with Crippen LogP contribution in [0.25, 0.3) is 0 Å². The van der Waals surface area contributed by atoms with Crippen LogP contribution in [0.1, 0.15) is 5.56 Å². The highest BCUT2D eigenvalue weighted by Gasteiger charge is 2.16. The van der Waals surface area contributed by atoms with Gasteiger partial charge in [0.25, 0.3) is 0 Å². The van der Waals surface area contributed by atoms with Gasteiger partial charge in [-0.3, -0.25) is 0 Å². The number of hydrogen-bond acceptors (Lipinski definition) is 5. The quantitative estimate of drug-likeness (QED) is 0.762. The first-order valence-corrected chi connectivity index (χ1v) is 6.26. The van der Waals surface area contributed by atoms with Crippen LogP contribution in [0.15, 0.2) is 18.2 Å². The van der Waals surface area contributed by atoms with E-state index in [2.05, 4.69) is 0 Å². The van der Waals surface area contributed by atoms with Gasteiger partial charge in [-0.05, 0) is 17.7 Å². The molecule has 1 saturated heterocycles. The highest BCUT2D eigenvalue weighted by Crippen LogP contribution is 2.27. The lowest BCUT2D eigenvalue weighted by atomic mass is 10.2. The van der Waals surface area contributed by atoms with Crippen molar-refractivity contribution in [2.75, 3.05) is 33.5 Å². The number of thiocarbonyl (C=S) groups is 1. The highest BCUT2D eigenvalue weighted by molar-refractivity contribution is 7.79. The summed E-state index contributed by atoms with van der Waals surface area (Å²) in [5.74, 6) is 1.36. The lowest BCUT2D eigenvalue weighted by Crippen LogP contribution is -2.33. The molecule has 1 aromatic carbocycles. The van der Waals surface area contributed by atoms with Gasteiger partial charge >= 0.3 is 0 Å². The Bertz CT molecular complexity index is 402. The van der Waals surface area contributed by atoms with Gasteiger partial charge in [0, 0.05) is 5.37 Å². The molecule has 0 bridgehead atoms. The molecule has 5 heteroatoms. The summed E-state index contributed by atoms with van der Waals surface area (Å²) < 4.78 is 21.8. The zero-order valence-electron chi connectivity index (χ0n) is 10.3. The van der Waals surface area contributed by atoms with E-state index in [-0.39, 0.29) is 6.10 Å². The monoisotopic (exact) mass is 268 g/mol. The molecule has 0 amide bonds. The van der Waals surface area contributed by atoms with Crippen molar-refractivity contribution in [2.45, 2.75) is 6.10 Å². The Morgan fingerprint density at radius 3 is 2.94 bits per heavy atom. The van der Waals surface area contributed by atoms with Crippen LogP contribution in [0.5, 0.6) is 11.5 Å². The van der Waals surface area contributed by atoms with Crippen molar-refractivity contribution in [1.82, 2.24) is 0 Å². The summed E-state index contributed by atoms with van der Waals surface area (Å²) in [4.78, 5) is 0. The molecule has 0 unspecified atom stereocenters. The third-order valence-electron chi connectivity index (χ3n) is 2.63. The predicted molar refractivity (Wildman–Crippen MR) is 71.8 cm³/mol. The van der Waals surface area contributed by atoms with Crippen molar-refractivity contribution in [3.63, 3.8) is 0 Å². The van der Waals surface area contributed by atoms with Crippen molar-refractivity contribution < 1.29 is 18.9 Å². The molecule has 1 heterocycles. The number of methoxy groups -OCH3 is 1. The van der Waals surface area contributed by atoms with Gasteiger partial charge in [-0.2, -0.15) is 0 Å². The Kier molecular flexibility index (Phi) is 4.92. The van der Waals surface area contributed by atoms with E-state index in [4.69, 9.17) is 31.2 Å². The molecule has 1 fully saturated rings. The smallest absolute Gasteiger partial charge is 0.161 e. The molecule has 0 aromatic heterocycles. The fourth-order valence-electron chi connectivity index (χ4n) is 1.69. The van der Waals surface area contributed by atoms with Crippen molar-refractivity contribution in [3.8, 4) is 11.5 Å². The van der Waals surface area contributed by atoms with Crippen molar-refractivity contribution in [3.05, 3.63) is 23.8 Å². The molecule has 0 radical (unpaired) electrons. The van der Waals surface area contributed by atoms with Gasteiger partial charge in [0.05, 0.1) is 26.9 Å². The molecule has 0 saturated carbocycles. The van der Waals surface area contributed by atoms with Crippen LogP contribution in [-0.4, -0.2) is 45.0 Å². The second-order valence-electron chi connectivity index (χ2n) is 3.91. The number of benzene rings is 1.